The van der Waals surface area contributed by atoms with E-state index in [9.17, 15) is 14.7 Å². The van der Waals surface area contributed by atoms with Crippen molar-refractivity contribution in [3.8, 4) is 11.5 Å². The number of hydrogen-bond donors (Lipinski definition) is 3. The Kier molecular flexibility index (Phi) is 6.36. The highest BCUT2D eigenvalue weighted by Gasteiger charge is 2.16. The lowest BCUT2D eigenvalue weighted by atomic mass is 10.1. The Morgan fingerprint density at radius 1 is 1.04 bits per heavy atom. The quantitative estimate of drug-likeness (QED) is 0.671. The third-order valence-corrected chi connectivity index (χ3v) is 3.40. The van der Waals surface area contributed by atoms with Crippen molar-refractivity contribution >= 4 is 11.9 Å². The molecule has 3 N–H and O–H groups in total. The molecule has 7 nitrogen and oxygen atoms in total. The van der Waals surface area contributed by atoms with Crippen LogP contribution >= 0.6 is 0 Å². The average molecular weight is 345 g/mol. The largest absolute Gasteiger partial charge is 0.497 e. The van der Waals surface area contributed by atoms with E-state index in [0.717, 1.165) is 0 Å². The Morgan fingerprint density at radius 3 is 2.24 bits per heavy atom. The zero-order valence-corrected chi connectivity index (χ0v) is 13.6. The minimum Gasteiger partial charge on any atom is -0.497 e. The molecule has 0 bridgehead atoms. The fourth-order valence-electron chi connectivity index (χ4n) is 2.10. The summed E-state index contributed by atoms with van der Waals surface area (Å²) in [6.45, 7) is -0.0872. The van der Waals surface area contributed by atoms with Crippen molar-refractivity contribution in [2.75, 3.05) is 20.3 Å². The van der Waals surface area contributed by atoms with Crippen LogP contribution in [0.4, 0.5) is 0 Å². The molecule has 0 fully saturated rings. The number of amides is 1. The summed E-state index contributed by atoms with van der Waals surface area (Å²) < 4.78 is 10.5. The van der Waals surface area contributed by atoms with Crippen LogP contribution in [0.3, 0.4) is 0 Å². The lowest BCUT2D eigenvalue weighted by molar-refractivity contribution is 0.0689. The fourth-order valence-corrected chi connectivity index (χ4v) is 2.10. The molecule has 0 aromatic heterocycles. The van der Waals surface area contributed by atoms with Gasteiger partial charge in [0.05, 0.1) is 18.2 Å². The number of aliphatic hydroxyl groups is 1. The molecule has 0 spiro atoms. The highest BCUT2D eigenvalue weighted by Crippen LogP contribution is 2.17. The van der Waals surface area contributed by atoms with Gasteiger partial charge in [0.25, 0.3) is 5.91 Å². The predicted octanol–water partition coefficient (Wildman–Crippen LogP) is 1.56. The Balaban J connectivity index is 1.84. The van der Waals surface area contributed by atoms with Crippen molar-refractivity contribution in [3.63, 3.8) is 0 Å². The van der Waals surface area contributed by atoms with Gasteiger partial charge in [-0.2, -0.15) is 0 Å². The standard InChI is InChI=1S/C18H19NO6/c1-24-13-6-8-14(9-7-13)25-11-12(20)10-19-17(21)15-4-2-3-5-16(15)18(22)23/h2-9,12,20H,10-11H2,1H3,(H,19,21)(H,22,23)/t12-/m1/s1. The summed E-state index contributed by atoms with van der Waals surface area (Å²) in [5, 5.41) is 21.5. The first-order chi connectivity index (χ1) is 12.0. The second kappa shape index (κ2) is 8.70. The number of ether oxygens (including phenoxy) is 2. The van der Waals surface area contributed by atoms with Gasteiger partial charge >= 0.3 is 5.97 Å². The molecular formula is C18H19NO6. The van der Waals surface area contributed by atoms with Crippen molar-refractivity contribution in [3.05, 3.63) is 59.7 Å². The molecule has 132 valence electrons. The maximum atomic E-state index is 12.1. The number of hydrogen-bond acceptors (Lipinski definition) is 5. The number of rotatable bonds is 8. The van der Waals surface area contributed by atoms with E-state index >= 15 is 0 Å². The number of benzene rings is 2. The van der Waals surface area contributed by atoms with Gasteiger partial charge in [-0.1, -0.05) is 12.1 Å². The molecule has 0 saturated carbocycles. The van der Waals surface area contributed by atoms with Crippen molar-refractivity contribution < 1.29 is 29.3 Å². The van der Waals surface area contributed by atoms with Gasteiger partial charge < -0.3 is 25.0 Å². The minimum absolute atomic E-state index is 0.0206. The monoisotopic (exact) mass is 345 g/mol. The highest BCUT2D eigenvalue weighted by molar-refractivity contribution is 6.04. The summed E-state index contributed by atoms with van der Waals surface area (Å²) in [7, 11) is 1.56. The van der Waals surface area contributed by atoms with E-state index in [0.29, 0.717) is 11.5 Å². The summed E-state index contributed by atoms with van der Waals surface area (Å²) in [6, 6.07) is 12.7. The van der Waals surface area contributed by atoms with Crippen molar-refractivity contribution in [2.24, 2.45) is 0 Å². The summed E-state index contributed by atoms with van der Waals surface area (Å²) >= 11 is 0. The summed E-state index contributed by atoms with van der Waals surface area (Å²) in [6.07, 6.45) is -0.942. The Morgan fingerprint density at radius 2 is 1.64 bits per heavy atom. The summed E-state index contributed by atoms with van der Waals surface area (Å²) in [4.78, 5) is 23.2. The lowest BCUT2D eigenvalue weighted by Crippen LogP contribution is -2.35. The molecule has 0 aliphatic rings. The van der Waals surface area contributed by atoms with Gasteiger partial charge in [-0.05, 0) is 36.4 Å². The molecule has 0 unspecified atom stereocenters. The predicted molar refractivity (Wildman–Crippen MR) is 90.2 cm³/mol. The van der Waals surface area contributed by atoms with Gasteiger partial charge in [0.1, 0.15) is 24.2 Å². The molecular weight excluding hydrogens is 326 g/mol. The van der Waals surface area contributed by atoms with Crippen molar-refractivity contribution in [1.82, 2.24) is 5.32 Å². The molecule has 7 heteroatoms. The molecule has 0 heterocycles. The van der Waals surface area contributed by atoms with E-state index < -0.39 is 18.0 Å². The van der Waals surface area contributed by atoms with Crippen LogP contribution in [0.15, 0.2) is 48.5 Å². The third kappa shape index (κ3) is 5.22. The molecule has 0 aliphatic heterocycles. The van der Waals surface area contributed by atoms with Gasteiger partial charge in [-0.25, -0.2) is 4.79 Å². The SMILES string of the molecule is COc1ccc(OC[C@H](O)CNC(=O)c2ccccc2C(=O)O)cc1. The first-order valence-corrected chi connectivity index (χ1v) is 7.56. The Bertz CT molecular complexity index is 729. The molecule has 2 aromatic carbocycles. The molecule has 0 saturated heterocycles. The van der Waals surface area contributed by atoms with Crippen LogP contribution in [0.1, 0.15) is 20.7 Å². The number of carbonyl (C=O) groups excluding carboxylic acids is 1. The first kappa shape index (κ1) is 18.3. The minimum atomic E-state index is -1.19. The molecule has 0 aliphatic carbocycles. The Hall–Kier alpha value is -3.06. The number of methoxy groups -OCH3 is 1. The molecule has 2 aromatic rings. The number of carboxylic acids is 1. The first-order valence-electron chi connectivity index (χ1n) is 7.56. The zero-order valence-electron chi connectivity index (χ0n) is 13.6. The van der Waals surface area contributed by atoms with Crippen molar-refractivity contribution in [1.29, 1.82) is 0 Å². The second-order valence-electron chi connectivity index (χ2n) is 5.20. The number of aromatic carboxylic acids is 1. The van der Waals surface area contributed by atoms with Crippen LogP contribution in [0, 0.1) is 0 Å². The molecule has 1 atom stereocenters. The smallest absolute Gasteiger partial charge is 0.336 e. The zero-order chi connectivity index (χ0) is 18.2. The Labute approximate surface area is 144 Å². The van der Waals surface area contributed by atoms with Crippen LogP contribution in [0.25, 0.3) is 0 Å². The topological polar surface area (TPSA) is 105 Å². The van der Waals surface area contributed by atoms with Crippen LogP contribution < -0.4 is 14.8 Å². The van der Waals surface area contributed by atoms with Gasteiger partial charge in [0, 0.05) is 6.54 Å². The number of carboxylic acid groups (broad SMARTS) is 1. The molecule has 2 rings (SSSR count). The fraction of sp³-hybridized carbons (Fsp3) is 0.222. The molecule has 25 heavy (non-hydrogen) atoms. The number of aliphatic hydroxyl groups excluding tert-OH is 1. The van der Waals surface area contributed by atoms with Gasteiger partial charge in [-0.15, -0.1) is 0 Å². The van der Waals surface area contributed by atoms with Crippen molar-refractivity contribution in [2.45, 2.75) is 6.10 Å². The molecule has 1 amide bonds. The summed E-state index contributed by atoms with van der Waals surface area (Å²) in [5.41, 5.74) is -0.0535. The van der Waals surface area contributed by atoms with E-state index in [2.05, 4.69) is 5.32 Å². The number of carbonyl (C=O) groups is 2. The van der Waals surface area contributed by atoms with E-state index in [1.807, 2.05) is 0 Å². The van der Waals surface area contributed by atoms with E-state index in [-0.39, 0.29) is 24.3 Å². The van der Waals surface area contributed by atoms with E-state index in [4.69, 9.17) is 14.6 Å². The van der Waals surface area contributed by atoms with Crippen LogP contribution in [0.2, 0.25) is 0 Å². The lowest BCUT2D eigenvalue weighted by Gasteiger charge is -2.14. The maximum absolute atomic E-state index is 12.1. The van der Waals surface area contributed by atoms with Gasteiger partial charge in [-0.3, -0.25) is 4.79 Å². The van der Waals surface area contributed by atoms with Gasteiger partial charge in [0.15, 0.2) is 0 Å². The number of nitrogens with one attached hydrogen (secondary N) is 1. The average Bonchev–Trinajstić information content (AvgIpc) is 2.64. The second-order valence-corrected chi connectivity index (χ2v) is 5.20. The normalized spacial score (nSPS) is 11.4. The highest BCUT2D eigenvalue weighted by atomic mass is 16.5. The summed E-state index contributed by atoms with van der Waals surface area (Å²) in [5.74, 6) is -0.504. The van der Waals surface area contributed by atoms with Gasteiger partial charge in [0.2, 0.25) is 0 Å². The van der Waals surface area contributed by atoms with E-state index in [1.54, 1.807) is 37.4 Å². The van der Waals surface area contributed by atoms with E-state index in [1.165, 1.54) is 18.2 Å². The van der Waals surface area contributed by atoms with Crippen LogP contribution in [0.5, 0.6) is 11.5 Å². The third-order valence-electron chi connectivity index (χ3n) is 3.40. The van der Waals surface area contributed by atoms with Crippen LogP contribution in [-0.4, -0.2) is 48.5 Å². The maximum Gasteiger partial charge on any atom is 0.336 e. The van der Waals surface area contributed by atoms with Crippen LogP contribution in [-0.2, 0) is 0 Å². The molecule has 0 radical (unpaired) electrons.